The lowest BCUT2D eigenvalue weighted by molar-refractivity contribution is -0.144. The smallest absolute Gasteiger partial charge is 0.323 e. The van der Waals surface area contributed by atoms with Crippen molar-refractivity contribution in [1.29, 1.82) is 5.26 Å². The first-order valence-corrected chi connectivity index (χ1v) is 4.37. The van der Waals surface area contributed by atoms with Crippen LogP contribution in [0.4, 0.5) is 0 Å². The molecule has 0 fully saturated rings. The van der Waals surface area contributed by atoms with Gasteiger partial charge in [0.25, 0.3) is 0 Å². The van der Waals surface area contributed by atoms with Gasteiger partial charge in [0.2, 0.25) is 0 Å². The average Bonchev–Trinajstić information content (AvgIpc) is 2.04. The molecule has 4 nitrogen and oxygen atoms in total. The highest BCUT2D eigenvalue weighted by Crippen LogP contribution is 2.13. The van der Waals surface area contributed by atoms with Crippen LogP contribution in [0.1, 0.15) is 33.6 Å². The highest BCUT2D eigenvalue weighted by Gasteiger charge is 2.32. The van der Waals surface area contributed by atoms with Gasteiger partial charge in [0, 0.05) is 0 Å². The van der Waals surface area contributed by atoms with Crippen LogP contribution >= 0.6 is 0 Å². The zero-order valence-electron chi connectivity index (χ0n) is 8.29. The van der Waals surface area contributed by atoms with Gasteiger partial charge in [0.05, 0.1) is 12.1 Å². The molecule has 2 N–H and O–H groups in total. The van der Waals surface area contributed by atoms with Crippen molar-refractivity contribution in [2.75, 3.05) is 0 Å². The van der Waals surface area contributed by atoms with Crippen molar-refractivity contribution in [1.82, 2.24) is 5.32 Å². The predicted molar refractivity (Wildman–Crippen MR) is 49.2 cm³/mol. The Morgan fingerprint density at radius 1 is 1.77 bits per heavy atom. The lowest BCUT2D eigenvalue weighted by Crippen LogP contribution is -2.52. The van der Waals surface area contributed by atoms with Gasteiger partial charge < -0.3 is 5.11 Å². The van der Waals surface area contributed by atoms with Gasteiger partial charge in [0.15, 0.2) is 0 Å². The molecule has 0 heterocycles. The van der Waals surface area contributed by atoms with Gasteiger partial charge >= 0.3 is 5.97 Å². The molecule has 0 bridgehead atoms. The second kappa shape index (κ2) is 4.83. The summed E-state index contributed by atoms with van der Waals surface area (Å²) >= 11 is 0. The minimum absolute atomic E-state index is 0.437. The van der Waals surface area contributed by atoms with E-state index in [2.05, 4.69) is 5.32 Å². The molecule has 0 aromatic rings. The molecule has 0 saturated carbocycles. The van der Waals surface area contributed by atoms with E-state index in [4.69, 9.17) is 10.4 Å². The van der Waals surface area contributed by atoms with E-state index in [9.17, 15) is 4.79 Å². The standard InChI is InChI=1S/C9H16N2O2/c1-4-5-9(3,8(12)13)11-7(2)6-10/h7,11H,4-5H2,1-3H3,(H,12,13). The molecule has 0 amide bonds. The molecular formula is C9H16N2O2. The van der Waals surface area contributed by atoms with Crippen molar-refractivity contribution in [2.45, 2.75) is 45.2 Å². The van der Waals surface area contributed by atoms with Crippen LogP contribution in [-0.4, -0.2) is 22.7 Å². The molecule has 2 atom stereocenters. The monoisotopic (exact) mass is 184 g/mol. The minimum atomic E-state index is -0.982. The summed E-state index contributed by atoms with van der Waals surface area (Å²) in [5, 5.41) is 20.3. The normalized spacial score (nSPS) is 17.1. The van der Waals surface area contributed by atoms with Gasteiger partial charge in [0.1, 0.15) is 5.54 Å². The van der Waals surface area contributed by atoms with Gasteiger partial charge in [-0.2, -0.15) is 5.26 Å². The van der Waals surface area contributed by atoms with E-state index in [1.165, 1.54) is 0 Å². The molecule has 0 spiro atoms. The Bertz CT molecular complexity index is 222. The Kier molecular flexibility index (Phi) is 4.43. The van der Waals surface area contributed by atoms with Crippen molar-refractivity contribution < 1.29 is 9.90 Å². The first-order chi connectivity index (χ1) is 5.96. The van der Waals surface area contributed by atoms with Crippen LogP contribution in [0.2, 0.25) is 0 Å². The molecule has 0 aliphatic heterocycles. The summed E-state index contributed by atoms with van der Waals surface area (Å²) in [5.41, 5.74) is -0.982. The van der Waals surface area contributed by atoms with Crippen molar-refractivity contribution in [3.63, 3.8) is 0 Å². The molecule has 0 aliphatic carbocycles. The SMILES string of the molecule is CCCC(C)(NC(C)C#N)C(=O)O. The van der Waals surface area contributed by atoms with Gasteiger partial charge in [-0.3, -0.25) is 10.1 Å². The number of carbonyl (C=O) groups is 1. The molecule has 13 heavy (non-hydrogen) atoms. The summed E-state index contributed by atoms with van der Waals surface area (Å²) < 4.78 is 0. The van der Waals surface area contributed by atoms with Gasteiger partial charge in [-0.15, -0.1) is 0 Å². The largest absolute Gasteiger partial charge is 0.480 e. The summed E-state index contributed by atoms with van der Waals surface area (Å²) in [7, 11) is 0. The maximum atomic E-state index is 10.9. The Morgan fingerprint density at radius 2 is 2.31 bits per heavy atom. The summed E-state index contributed by atoms with van der Waals surface area (Å²) in [5.74, 6) is -0.906. The number of hydrogen-bond acceptors (Lipinski definition) is 3. The highest BCUT2D eigenvalue weighted by molar-refractivity contribution is 5.78. The summed E-state index contributed by atoms with van der Waals surface area (Å²) in [6.45, 7) is 5.17. The van der Waals surface area contributed by atoms with Crippen molar-refractivity contribution in [3.8, 4) is 6.07 Å². The van der Waals surface area contributed by atoms with E-state index < -0.39 is 17.6 Å². The lowest BCUT2D eigenvalue weighted by Gasteiger charge is -2.27. The van der Waals surface area contributed by atoms with E-state index in [-0.39, 0.29) is 0 Å². The lowest BCUT2D eigenvalue weighted by atomic mass is 9.95. The van der Waals surface area contributed by atoms with Crippen molar-refractivity contribution >= 4 is 5.97 Å². The minimum Gasteiger partial charge on any atom is -0.480 e. The third-order valence-electron chi connectivity index (χ3n) is 1.95. The number of nitrogens with zero attached hydrogens (tertiary/aromatic N) is 1. The first kappa shape index (κ1) is 11.9. The van der Waals surface area contributed by atoms with Crippen molar-refractivity contribution in [3.05, 3.63) is 0 Å². The molecule has 2 unspecified atom stereocenters. The second-order valence-electron chi connectivity index (χ2n) is 3.38. The number of rotatable bonds is 5. The van der Waals surface area contributed by atoms with E-state index in [0.29, 0.717) is 6.42 Å². The number of carboxylic acids is 1. The van der Waals surface area contributed by atoms with Gasteiger partial charge in [-0.1, -0.05) is 13.3 Å². The van der Waals surface area contributed by atoms with Crippen LogP contribution in [-0.2, 0) is 4.79 Å². The molecule has 0 rings (SSSR count). The van der Waals surface area contributed by atoms with E-state index >= 15 is 0 Å². The molecular weight excluding hydrogens is 168 g/mol. The molecule has 74 valence electrons. The van der Waals surface area contributed by atoms with E-state index in [0.717, 1.165) is 6.42 Å². The molecule has 0 radical (unpaired) electrons. The number of carboxylic acid groups (broad SMARTS) is 1. The number of hydrogen-bond donors (Lipinski definition) is 2. The van der Waals surface area contributed by atoms with Crippen LogP contribution < -0.4 is 5.32 Å². The fraction of sp³-hybridized carbons (Fsp3) is 0.778. The number of nitriles is 1. The summed E-state index contributed by atoms with van der Waals surface area (Å²) in [6, 6.07) is 1.52. The molecule has 4 heteroatoms. The quantitative estimate of drug-likeness (QED) is 0.671. The topological polar surface area (TPSA) is 73.1 Å². The third kappa shape index (κ3) is 3.43. The van der Waals surface area contributed by atoms with E-state index in [1.807, 2.05) is 13.0 Å². The summed E-state index contributed by atoms with van der Waals surface area (Å²) in [6.07, 6.45) is 1.29. The number of nitrogens with one attached hydrogen (secondary N) is 1. The Balaban J connectivity index is 4.43. The average molecular weight is 184 g/mol. The van der Waals surface area contributed by atoms with Crippen LogP contribution in [0.15, 0.2) is 0 Å². The zero-order chi connectivity index (χ0) is 10.5. The maximum Gasteiger partial charge on any atom is 0.323 e. The zero-order valence-corrected chi connectivity index (χ0v) is 8.29. The Morgan fingerprint density at radius 3 is 2.62 bits per heavy atom. The predicted octanol–water partition coefficient (Wildman–Crippen LogP) is 1.13. The van der Waals surface area contributed by atoms with Crippen LogP contribution in [0.3, 0.4) is 0 Å². The Labute approximate surface area is 78.6 Å². The molecule has 0 aromatic carbocycles. The van der Waals surface area contributed by atoms with Gasteiger partial charge in [-0.05, 0) is 20.3 Å². The van der Waals surface area contributed by atoms with Gasteiger partial charge in [-0.25, -0.2) is 0 Å². The summed E-state index contributed by atoms with van der Waals surface area (Å²) in [4.78, 5) is 10.9. The first-order valence-electron chi connectivity index (χ1n) is 4.37. The maximum absolute atomic E-state index is 10.9. The highest BCUT2D eigenvalue weighted by atomic mass is 16.4. The second-order valence-corrected chi connectivity index (χ2v) is 3.38. The van der Waals surface area contributed by atoms with Crippen LogP contribution in [0, 0.1) is 11.3 Å². The number of aliphatic carboxylic acids is 1. The fourth-order valence-electron chi connectivity index (χ4n) is 1.25. The van der Waals surface area contributed by atoms with Crippen molar-refractivity contribution in [2.24, 2.45) is 0 Å². The van der Waals surface area contributed by atoms with E-state index in [1.54, 1.807) is 13.8 Å². The third-order valence-corrected chi connectivity index (χ3v) is 1.95. The van der Waals surface area contributed by atoms with Crippen LogP contribution in [0.5, 0.6) is 0 Å². The Hall–Kier alpha value is -1.08. The molecule has 0 aliphatic rings. The fourth-order valence-corrected chi connectivity index (χ4v) is 1.25. The molecule has 0 saturated heterocycles. The van der Waals surface area contributed by atoms with Crippen LogP contribution in [0.25, 0.3) is 0 Å². The molecule has 0 aromatic heterocycles.